The molecule has 1 atom stereocenters. The monoisotopic (exact) mass is 479 g/mol. The van der Waals surface area contributed by atoms with Crippen molar-refractivity contribution in [1.82, 2.24) is 20.5 Å². The number of benzene rings is 1. The first-order valence-electron chi connectivity index (χ1n) is 10.7. The number of thiazole rings is 1. The minimum atomic E-state index is -4.61. The summed E-state index contributed by atoms with van der Waals surface area (Å²) in [5.74, 6) is -0.380. The van der Waals surface area contributed by atoms with Crippen LogP contribution < -0.4 is 10.2 Å². The van der Waals surface area contributed by atoms with E-state index in [9.17, 15) is 22.7 Å². The van der Waals surface area contributed by atoms with Crippen LogP contribution in [0.4, 0.5) is 23.4 Å². The number of alkyl halides is 3. The summed E-state index contributed by atoms with van der Waals surface area (Å²) < 4.78 is 53.2. The van der Waals surface area contributed by atoms with E-state index in [2.05, 4.69) is 25.4 Å². The summed E-state index contributed by atoms with van der Waals surface area (Å²) in [7, 11) is 0. The lowest BCUT2D eigenvalue weighted by atomic mass is 9.92. The van der Waals surface area contributed by atoms with E-state index < -0.39 is 17.0 Å². The van der Waals surface area contributed by atoms with E-state index in [1.165, 1.54) is 19.3 Å². The molecular weight excluding hydrogens is 458 g/mol. The molecule has 2 aromatic heterocycles. The molecule has 3 aromatic rings. The summed E-state index contributed by atoms with van der Waals surface area (Å²) in [6.45, 7) is 1.70. The molecule has 2 N–H and O–H groups in total. The normalized spacial score (nSPS) is 19.2. The van der Waals surface area contributed by atoms with Crippen LogP contribution >= 0.6 is 11.3 Å². The summed E-state index contributed by atoms with van der Waals surface area (Å²) in [6, 6.07) is 6.61. The van der Waals surface area contributed by atoms with Gasteiger partial charge >= 0.3 is 6.18 Å². The molecule has 11 heteroatoms. The fourth-order valence-electron chi connectivity index (χ4n) is 4.14. The first kappa shape index (κ1) is 22.0. The Hall–Kier alpha value is -2.79. The minimum absolute atomic E-state index is 0.0257. The van der Waals surface area contributed by atoms with Gasteiger partial charge in [-0.15, -0.1) is 21.5 Å². The summed E-state index contributed by atoms with van der Waals surface area (Å²) in [4.78, 5) is 5.42. The van der Waals surface area contributed by atoms with E-state index in [4.69, 9.17) is 0 Å². The third kappa shape index (κ3) is 4.51. The zero-order valence-electron chi connectivity index (χ0n) is 17.4. The van der Waals surface area contributed by atoms with Gasteiger partial charge in [-0.25, -0.2) is 9.37 Å². The highest BCUT2D eigenvalue weighted by molar-refractivity contribution is 7.15. The van der Waals surface area contributed by atoms with E-state index in [1.54, 1.807) is 12.1 Å². The number of aromatic nitrogens is 3. The first-order valence-corrected chi connectivity index (χ1v) is 11.5. The van der Waals surface area contributed by atoms with Gasteiger partial charge in [0.2, 0.25) is 0 Å². The van der Waals surface area contributed by atoms with Crippen molar-refractivity contribution in [2.75, 3.05) is 18.0 Å². The van der Waals surface area contributed by atoms with Gasteiger partial charge in [-0.3, -0.25) is 0 Å². The van der Waals surface area contributed by atoms with E-state index in [0.717, 1.165) is 37.8 Å². The van der Waals surface area contributed by atoms with Crippen molar-refractivity contribution in [1.29, 1.82) is 0 Å². The van der Waals surface area contributed by atoms with E-state index in [1.807, 2.05) is 0 Å². The molecule has 1 saturated heterocycles. The standard InChI is InChI=1S/C22H21F4N5OS/c23-16-8-15(18(32)9-14(16)19-10-27-21(33-19)22(24,25)26)17-4-5-20(30-29-17)31-7-6-13(11-31)28-12-2-1-3-12/h4-5,8-10,12-13,28,32H,1-3,6-7,11H2. The number of nitrogens with one attached hydrogen (secondary N) is 1. The number of rotatable bonds is 5. The maximum atomic E-state index is 14.7. The van der Waals surface area contributed by atoms with Gasteiger partial charge in [0.25, 0.3) is 0 Å². The number of hydrogen-bond donors (Lipinski definition) is 2. The number of hydrogen-bond acceptors (Lipinski definition) is 7. The van der Waals surface area contributed by atoms with Crippen molar-refractivity contribution < 1.29 is 22.7 Å². The molecule has 5 rings (SSSR count). The van der Waals surface area contributed by atoms with Crippen molar-refractivity contribution in [2.24, 2.45) is 0 Å². The Morgan fingerprint density at radius 3 is 2.52 bits per heavy atom. The van der Waals surface area contributed by atoms with Gasteiger partial charge in [0.15, 0.2) is 10.8 Å². The molecule has 0 bridgehead atoms. The molecule has 2 fully saturated rings. The van der Waals surface area contributed by atoms with Crippen LogP contribution in [0.25, 0.3) is 21.7 Å². The quantitative estimate of drug-likeness (QED) is 0.510. The van der Waals surface area contributed by atoms with Crippen LogP contribution in [-0.2, 0) is 6.18 Å². The summed E-state index contributed by atoms with van der Waals surface area (Å²) in [6.07, 6.45) is 1.12. The summed E-state index contributed by atoms with van der Waals surface area (Å²) in [5.41, 5.74) is 0.225. The third-order valence-corrected chi connectivity index (χ3v) is 7.19. The molecule has 1 aliphatic heterocycles. The topological polar surface area (TPSA) is 74.2 Å². The number of aromatic hydroxyl groups is 1. The van der Waals surface area contributed by atoms with E-state index in [0.29, 0.717) is 29.2 Å². The van der Waals surface area contributed by atoms with Gasteiger partial charge < -0.3 is 15.3 Å². The van der Waals surface area contributed by atoms with Crippen molar-refractivity contribution in [3.05, 3.63) is 41.3 Å². The highest BCUT2D eigenvalue weighted by Gasteiger charge is 2.35. The second kappa shape index (κ2) is 8.53. The highest BCUT2D eigenvalue weighted by Crippen LogP contribution is 2.40. The molecule has 0 radical (unpaired) electrons. The SMILES string of the molecule is Oc1cc(-c2cnc(C(F)(F)F)s2)c(F)cc1-c1ccc(N2CCC(NC3CCC3)C2)nn1. The predicted octanol–water partition coefficient (Wildman–Crippen LogP) is 4.85. The number of anilines is 1. The van der Waals surface area contributed by atoms with Crippen LogP contribution in [0.15, 0.2) is 30.5 Å². The van der Waals surface area contributed by atoms with Gasteiger partial charge in [-0.05, 0) is 43.5 Å². The molecule has 6 nitrogen and oxygen atoms in total. The second-order valence-corrected chi connectivity index (χ2v) is 9.41. The molecule has 1 aromatic carbocycles. The molecule has 174 valence electrons. The van der Waals surface area contributed by atoms with Crippen molar-refractivity contribution in [3.8, 4) is 27.4 Å². The van der Waals surface area contributed by atoms with Gasteiger partial charge in [-0.2, -0.15) is 13.2 Å². The maximum absolute atomic E-state index is 14.7. The molecule has 3 heterocycles. The largest absolute Gasteiger partial charge is 0.507 e. The lowest BCUT2D eigenvalue weighted by Gasteiger charge is -2.29. The Kier molecular flexibility index (Phi) is 5.69. The summed E-state index contributed by atoms with van der Waals surface area (Å²) in [5, 5.41) is 21.4. The Morgan fingerprint density at radius 1 is 1.06 bits per heavy atom. The smallest absolute Gasteiger partial charge is 0.443 e. The predicted molar refractivity (Wildman–Crippen MR) is 117 cm³/mol. The Balaban J connectivity index is 1.32. The fourth-order valence-corrected chi connectivity index (χ4v) is 4.94. The molecule has 0 amide bonds. The van der Waals surface area contributed by atoms with E-state index in [-0.39, 0.29) is 27.4 Å². The number of phenols is 1. The number of phenolic OH excluding ortho intramolecular Hbond substituents is 1. The van der Waals surface area contributed by atoms with Gasteiger partial charge in [0, 0.05) is 42.5 Å². The van der Waals surface area contributed by atoms with Crippen LogP contribution in [0.5, 0.6) is 5.75 Å². The van der Waals surface area contributed by atoms with E-state index >= 15 is 0 Å². The van der Waals surface area contributed by atoms with Crippen LogP contribution in [0.1, 0.15) is 30.7 Å². The Labute approximate surface area is 191 Å². The molecule has 1 unspecified atom stereocenters. The maximum Gasteiger partial charge on any atom is 0.443 e. The third-order valence-electron chi connectivity index (χ3n) is 6.11. The highest BCUT2D eigenvalue weighted by atomic mass is 32.1. The molecule has 2 aliphatic rings. The molecule has 1 aliphatic carbocycles. The zero-order valence-corrected chi connectivity index (χ0v) is 18.3. The van der Waals surface area contributed by atoms with Gasteiger partial charge in [0.05, 0.1) is 10.6 Å². The lowest BCUT2D eigenvalue weighted by Crippen LogP contribution is -2.43. The van der Waals surface area contributed by atoms with Gasteiger partial charge in [0.1, 0.15) is 11.6 Å². The average molecular weight is 480 g/mol. The zero-order chi connectivity index (χ0) is 23.2. The van der Waals surface area contributed by atoms with Crippen molar-refractivity contribution in [2.45, 2.75) is 43.9 Å². The van der Waals surface area contributed by atoms with Crippen molar-refractivity contribution >= 4 is 17.2 Å². The second-order valence-electron chi connectivity index (χ2n) is 8.38. The first-order chi connectivity index (χ1) is 15.8. The molecule has 0 spiro atoms. The van der Waals surface area contributed by atoms with Crippen molar-refractivity contribution in [3.63, 3.8) is 0 Å². The lowest BCUT2D eigenvalue weighted by molar-refractivity contribution is -0.137. The average Bonchev–Trinajstić information content (AvgIpc) is 3.42. The van der Waals surface area contributed by atoms with Crippen LogP contribution in [-0.4, -0.2) is 45.5 Å². The molecule has 1 saturated carbocycles. The number of halogens is 4. The fraction of sp³-hybridized carbons (Fsp3) is 0.409. The Morgan fingerprint density at radius 2 is 1.88 bits per heavy atom. The van der Waals surface area contributed by atoms with Crippen LogP contribution in [0, 0.1) is 5.82 Å². The van der Waals surface area contributed by atoms with Crippen LogP contribution in [0.3, 0.4) is 0 Å². The number of nitrogens with zero attached hydrogens (tertiary/aromatic N) is 4. The minimum Gasteiger partial charge on any atom is -0.507 e. The van der Waals surface area contributed by atoms with Gasteiger partial charge in [-0.1, -0.05) is 6.42 Å². The molecule has 33 heavy (non-hydrogen) atoms. The summed E-state index contributed by atoms with van der Waals surface area (Å²) >= 11 is 0.316. The van der Waals surface area contributed by atoms with Crippen LogP contribution in [0.2, 0.25) is 0 Å². The Bertz CT molecular complexity index is 1150. The molecular formula is C22H21F4N5OS.